The third-order valence-electron chi connectivity index (χ3n) is 2.47. The van der Waals surface area contributed by atoms with E-state index in [9.17, 15) is 9.18 Å². The van der Waals surface area contributed by atoms with Gasteiger partial charge in [-0.15, -0.1) is 0 Å². The maximum Gasteiger partial charge on any atom is 0.185 e. The quantitative estimate of drug-likeness (QED) is 0.817. The fraction of sp³-hybridized carbons (Fsp3) is 0.167. The fourth-order valence-corrected chi connectivity index (χ4v) is 2.05. The number of ketones is 1. The highest BCUT2D eigenvalue weighted by molar-refractivity contribution is 9.10. The topological polar surface area (TPSA) is 34.9 Å². The van der Waals surface area contributed by atoms with Crippen LogP contribution in [0.25, 0.3) is 0 Å². The fourth-order valence-electron chi connectivity index (χ4n) is 1.55. The van der Waals surface area contributed by atoms with Gasteiger partial charge in [-0.25, -0.2) is 9.37 Å². The minimum Gasteiger partial charge on any atom is -0.331 e. The molecule has 0 N–H and O–H groups in total. The van der Waals surface area contributed by atoms with Crippen LogP contribution in [-0.2, 0) is 13.5 Å². The molecule has 1 heterocycles. The van der Waals surface area contributed by atoms with Crippen LogP contribution in [0.2, 0.25) is 0 Å². The van der Waals surface area contributed by atoms with Crippen molar-refractivity contribution in [2.75, 3.05) is 0 Å². The lowest BCUT2D eigenvalue weighted by molar-refractivity contribution is 0.0985. The first-order valence-corrected chi connectivity index (χ1v) is 5.80. The van der Waals surface area contributed by atoms with Gasteiger partial charge in [0.1, 0.15) is 11.5 Å². The number of Topliss-reactive ketones (excluding diaryl/α,β-unsaturated/α-hetero) is 1. The molecule has 2 aromatic rings. The summed E-state index contributed by atoms with van der Waals surface area (Å²) >= 11 is 3.24. The summed E-state index contributed by atoms with van der Waals surface area (Å²) in [6.07, 6.45) is 3.33. The van der Waals surface area contributed by atoms with Gasteiger partial charge in [0.05, 0.1) is 12.5 Å². The Morgan fingerprint density at radius 2 is 2.29 bits per heavy atom. The van der Waals surface area contributed by atoms with Crippen LogP contribution in [0.15, 0.2) is 35.2 Å². The molecule has 0 saturated carbocycles. The smallest absolute Gasteiger partial charge is 0.185 e. The Morgan fingerprint density at radius 1 is 1.53 bits per heavy atom. The summed E-state index contributed by atoms with van der Waals surface area (Å²) in [7, 11) is 1.76. The number of benzene rings is 1. The van der Waals surface area contributed by atoms with Gasteiger partial charge in [-0.2, -0.15) is 0 Å². The molecule has 2 rings (SSSR count). The number of carbonyl (C=O) groups excluding carboxylic acids is 1. The SMILES string of the molecule is Cn1cncc1C(=O)Cc1ccc(F)cc1Br. The molecular formula is C12H10BrFN2O. The van der Waals surface area contributed by atoms with Crippen LogP contribution < -0.4 is 0 Å². The predicted octanol–water partition coefficient (Wildman–Crippen LogP) is 2.75. The van der Waals surface area contributed by atoms with Crippen molar-refractivity contribution in [2.24, 2.45) is 7.05 Å². The van der Waals surface area contributed by atoms with Gasteiger partial charge in [0.2, 0.25) is 0 Å². The second kappa shape index (κ2) is 4.79. The summed E-state index contributed by atoms with van der Waals surface area (Å²) in [5.41, 5.74) is 1.30. The number of aromatic nitrogens is 2. The van der Waals surface area contributed by atoms with Crippen molar-refractivity contribution in [2.45, 2.75) is 6.42 Å². The molecule has 1 aromatic carbocycles. The van der Waals surface area contributed by atoms with Crippen LogP contribution in [-0.4, -0.2) is 15.3 Å². The summed E-state index contributed by atoms with van der Waals surface area (Å²) in [6, 6.07) is 4.30. The van der Waals surface area contributed by atoms with Crippen molar-refractivity contribution < 1.29 is 9.18 Å². The third-order valence-corrected chi connectivity index (χ3v) is 3.21. The van der Waals surface area contributed by atoms with E-state index in [1.165, 1.54) is 18.3 Å². The minimum atomic E-state index is -0.325. The molecule has 0 atom stereocenters. The number of hydrogen-bond acceptors (Lipinski definition) is 2. The lowest BCUT2D eigenvalue weighted by atomic mass is 10.1. The van der Waals surface area contributed by atoms with E-state index in [1.807, 2.05) is 0 Å². The van der Waals surface area contributed by atoms with E-state index >= 15 is 0 Å². The Balaban J connectivity index is 2.22. The van der Waals surface area contributed by atoms with Gasteiger partial charge in [-0.05, 0) is 17.7 Å². The first-order valence-electron chi connectivity index (χ1n) is 5.01. The zero-order valence-electron chi connectivity index (χ0n) is 9.15. The number of nitrogens with zero attached hydrogens (tertiary/aromatic N) is 2. The van der Waals surface area contributed by atoms with E-state index in [-0.39, 0.29) is 18.0 Å². The van der Waals surface area contributed by atoms with Crippen molar-refractivity contribution >= 4 is 21.7 Å². The molecule has 0 aliphatic rings. The Hall–Kier alpha value is -1.49. The van der Waals surface area contributed by atoms with Gasteiger partial charge in [0.15, 0.2) is 5.78 Å². The molecule has 0 fully saturated rings. The number of aryl methyl sites for hydroxylation is 1. The zero-order valence-corrected chi connectivity index (χ0v) is 10.7. The van der Waals surface area contributed by atoms with Crippen molar-refractivity contribution in [1.29, 1.82) is 0 Å². The summed E-state index contributed by atoms with van der Waals surface area (Å²) < 4.78 is 15.2. The molecule has 1 aromatic heterocycles. The Bertz CT molecular complexity index is 565. The molecule has 0 aliphatic carbocycles. The van der Waals surface area contributed by atoms with Gasteiger partial charge in [0.25, 0.3) is 0 Å². The van der Waals surface area contributed by atoms with E-state index in [0.29, 0.717) is 10.2 Å². The number of halogens is 2. The average molecular weight is 297 g/mol. The first-order chi connectivity index (χ1) is 8.08. The van der Waals surface area contributed by atoms with E-state index < -0.39 is 0 Å². The standard InChI is InChI=1S/C12H10BrFN2O/c1-16-7-15-6-11(16)12(17)4-8-2-3-9(14)5-10(8)13/h2-3,5-7H,4H2,1H3. The summed E-state index contributed by atoms with van der Waals surface area (Å²) in [5, 5.41) is 0. The highest BCUT2D eigenvalue weighted by Gasteiger charge is 2.12. The normalized spacial score (nSPS) is 10.5. The molecule has 0 saturated heterocycles. The van der Waals surface area contributed by atoms with Crippen LogP contribution in [0.1, 0.15) is 16.1 Å². The number of hydrogen-bond donors (Lipinski definition) is 0. The second-order valence-electron chi connectivity index (χ2n) is 3.73. The number of carbonyl (C=O) groups is 1. The molecule has 17 heavy (non-hydrogen) atoms. The van der Waals surface area contributed by atoms with Crippen molar-refractivity contribution in [1.82, 2.24) is 9.55 Å². The van der Waals surface area contributed by atoms with Crippen LogP contribution in [0.4, 0.5) is 4.39 Å². The van der Waals surface area contributed by atoms with Crippen molar-refractivity contribution in [3.63, 3.8) is 0 Å². The zero-order chi connectivity index (χ0) is 12.4. The van der Waals surface area contributed by atoms with Crippen molar-refractivity contribution in [3.05, 3.63) is 52.3 Å². The Morgan fingerprint density at radius 3 is 2.88 bits per heavy atom. The molecule has 0 bridgehead atoms. The van der Waals surface area contributed by atoms with Gasteiger partial charge < -0.3 is 4.57 Å². The van der Waals surface area contributed by atoms with E-state index in [2.05, 4.69) is 20.9 Å². The summed E-state index contributed by atoms with van der Waals surface area (Å²) in [5.74, 6) is -0.370. The van der Waals surface area contributed by atoms with E-state index in [4.69, 9.17) is 0 Å². The first kappa shape index (κ1) is 12.0. The van der Waals surface area contributed by atoms with Crippen LogP contribution in [0.3, 0.4) is 0 Å². The second-order valence-corrected chi connectivity index (χ2v) is 4.58. The number of imidazole rings is 1. The monoisotopic (exact) mass is 296 g/mol. The van der Waals surface area contributed by atoms with Crippen LogP contribution >= 0.6 is 15.9 Å². The summed E-state index contributed by atoms with van der Waals surface area (Å²) in [6.45, 7) is 0. The van der Waals surface area contributed by atoms with Gasteiger partial charge in [-0.1, -0.05) is 22.0 Å². The third kappa shape index (κ3) is 2.61. The predicted molar refractivity (Wildman–Crippen MR) is 65.3 cm³/mol. The van der Waals surface area contributed by atoms with Gasteiger partial charge in [-0.3, -0.25) is 4.79 Å². The molecule has 0 unspecified atom stereocenters. The minimum absolute atomic E-state index is 0.0442. The molecule has 3 nitrogen and oxygen atoms in total. The van der Waals surface area contributed by atoms with Crippen LogP contribution in [0.5, 0.6) is 0 Å². The molecule has 0 spiro atoms. The van der Waals surface area contributed by atoms with E-state index in [0.717, 1.165) is 5.56 Å². The summed E-state index contributed by atoms with van der Waals surface area (Å²) in [4.78, 5) is 15.8. The molecule has 0 aliphatic heterocycles. The highest BCUT2D eigenvalue weighted by atomic mass is 79.9. The van der Waals surface area contributed by atoms with Gasteiger partial charge >= 0.3 is 0 Å². The van der Waals surface area contributed by atoms with Crippen LogP contribution in [0, 0.1) is 5.82 Å². The van der Waals surface area contributed by atoms with Gasteiger partial charge in [0, 0.05) is 17.9 Å². The maximum absolute atomic E-state index is 12.9. The molecule has 0 radical (unpaired) electrons. The Kier molecular flexibility index (Phi) is 3.38. The maximum atomic E-state index is 12.9. The largest absolute Gasteiger partial charge is 0.331 e. The van der Waals surface area contributed by atoms with E-state index in [1.54, 1.807) is 24.0 Å². The number of rotatable bonds is 3. The van der Waals surface area contributed by atoms with Crippen molar-refractivity contribution in [3.8, 4) is 0 Å². The average Bonchev–Trinajstić information content (AvgIpc) is 2.68. The lowest BCUT2D eigenvalue weighted by Crippen LogP contribution is -2.08. The lowest BCUT2D eigenvalue weighted by Gasteiger charge is -2.04. The Labute approximate surface area is 106 Å². The molecule has 5 heteroatoms. The molecular weight excluding hydrogens is 287 g/mol. The molecule has 0 amide bonds. The highest BCUT2D eigenvalue weighted by Crippen LogP contribution is 2.19. The molecule has 88 valence electrons.